The van der Waals surface area contributed by atoms with Crippen LogP contribution in [-0.4, -0.2) is 31.1 Å². The molecule has 1 atom stereocenters. The van der Waals surface area contributed by atoms with Crippen molar-refractivity contribution in [3.8, 4) is 5.75 Å². The minimum absolute atomic E-state index is 0.189. The van der Waals surface area contributed by atoms with Crippen LogP contribution in [0.1, 0.15) is 42.1 Å². The van der Waals surface area contributed by atoms with Crippen molar-refractivity contribution in [1.29, 1.82) is 0 Å². The Morgan fingerprint density at radius 1 is 1.04 bits per heavy atom. The van der Waals surface area contributed by atoms with Crippen LogP contribution >= 0.6 is 0 Å². The third-order valence-corrected chi connectivity index (χ3v) is 4.96. The van der Waals surface area contributed by atoms with Crippen LogP contribution in [0.3, 0.4) is 0 Å². The molecule has 2 aromatic rings. The summed E-state index contributed by atoms with van der Waals surface area (Å²) in [5.74, 6) is 1.04. The Balaban J connectivity index is 1.90. The highest BCUT2D eigenvalue weighted by atomic mass is 16.5. The van der Waals surface area contributed by atoms with Gasteiger partial charge in [0.15, 0.2) is 0 Å². The highest BCUT2D eigenvalue weighted by Crippen LogP contribution is 2.37. The van der Waals surface area contributed by atoms with Gasteiger partial charge in [-0.25, -0.2) is 0 Å². The Hall–Kier alpha value is -1.84. The van der Waals surface area contributed by atoms with Crippen molar-refractivity contribution in [1.82, 2.24) is 10.2 Å². The molecule has 0 saturated heterocycles. The highest BCUT2D eigenvalue weighted by molar-refractivity contribution is 5.49. The molecule has 0 bridgehead atoms. The predicted octanol–water partition coefficient (Wildman–Crippen LogP) is 3.91. The molecule has 24 heavy (non-hydrogen) atoms. The minimum Gasteiger partial charge on any atom is -0.488 e. The van der Waals surface area contributed by atoms with Crippen molar-refractivity contribution in [2.45, 2.75) is 33.4 Å². The number of hydrogen-bond acceptors (Lipinski definition) is 3. The molecule has 3 rings (SSSR count). The lowest BCUT2D eigenvalue weighted by Gasteiger charge is -2.24. The quantitative estimate of drug-likeness (QED) is 0.872. The molecule has 2 aromatic carbocycles. The van der Waals surface area contributed by atoms with Gasteiger partial charge in [0.2, 0.25) is 0 Å². The van der Waals surface area contributed by atoms with E-state index in [1.54, 1.807) is 0 Å². The van der Waals surface area contributed by atoms with Crippen molar-refractivity contribution in [2.75, 3.05) is 26.2 Å². The number of benzene rings is 2. The molecule has 1 N–H and O–H groups in total. The van der Waals surface area contributed by atoms with E-state index < -0.39 is 0 Å². The lowest BCUT2D eigenvalue weighted by Crippen LogP contribution is -2.34. The third-order valence-electron chi connectivity index (χ3n) is 4.96. The zero-order valence-electron chi connectivity index (χ0n) is 15.0. The van der Waals surface area contributed by atoms with E-state index in [9.17, 15) is 0 Å². The van der Waals surface area contributed by atoms with Gasteiger partial charge in [0, 0.05) is 18.7 Å². The molecule has 0 aliphatic carbocycles. The number of nitrogens with one attached hydrogen (secondary N) is 1. The van der Waals surface area contributed by atoms with Gasteiger partial charge < -0.3 is 15.0 Å². The van der Waals surface area contributed by atoms with Crippen LogP contribution in [0.2, 0.25) is 0 Å². The van der Waals surface area contributed by atoms with Crippen LogP contribution in [0.25, 0.3) is 0 Å². The number of rotatable bonds is 6. The Morgan fingerprint density at radius 2 is 1.79 bits per heavy atom. The Kier molecular flexibility index (Phi) is 5.54. The summed E-state index contributed by atoms with van der Waals surface area (Å²) in [5.41, 5.74) is 5.06. The first-order chi connectivity index (χ1) is 11.7. The van der Waals surface area contributed by atoms with Gasteiger partial charge in [0.25, 0.3) is 0 Å². The number of hydrogen-bond donors (Lipinski definition) is 1. The van der Waals surface area contributed by atoms with E-state index in [1.165, 1.54) is 22.3 Å². The molecule has 0 amide bonds. The Bertz CT molecular complexity index is 679. The normalized spacial score (nSPS) is 16.2. The van der Waals surface area contributed by atoms with Crippen molar-refractivity contribution < 1.29 is 4.74 Å². The molecule has 0 radical (unpaired) electrons. The predicted molar refractivity (Wildman–Crippen MR) is 99.6 cm³/mol. The van der Waals surface area contributed by atoms with Crippen LogP contribution in [0, 0.1) is 6.92 Å². The second kappa shape index (κ2) is 7.82. The first kappa shape index (κ1) is 17.0. The molecule has 128 valence electrons. The zero-order valence-corrected chi connectivity index (χ0v) is 15.0. The maximum Gasteiger partial charge on any atom is 0.127 e. The second-order valence-electron chi connectivity index (χ2n) is 6.39. The number of likely N-dealkylation sites (N-methyl/N-ethyl adjacent to an activating group) is 1. The number of nitrogens with zero attached hydrogens (tertiary/aromatic N) is 1. The topological polar surface area (TPSA) is 24.5 Å². The van der Waals surface area contributed by atoms with E-state index in [0.29, 0.717) is 6.61 Å². The lowest BCUT2D eigenvalue weighted by atomic mass is 9.94. The number of aryl methyl sites for hydroxylation is 1. The smallest absolute Gasteiger partial charge is 0.127 e. The van der Waals surface area contributed by atoms with Gasteiger partial charge in [0.1, 0.15) is 12.4 Å². The van der Waals surface area contributed by atoms with E-state index in [-0.39, 0.29) is 6.04 Å². The summed E-state index contributed by atoms with van der Waals surface area (Å²) in [6.45, 7) is 11.4. The standard InChI is InChI=1S/C21H28N2O/c1-4-23(5-2)14-13-22-20-18-11-7-6-10-17(18)15-24-21-16(3)9-8-12-19(20)21/h6-12,20,22H,4-5,13-15H2,1-3H3. The molecule has 3 heteroatoms. The van der Waals surface area contributed by atoms with Crippen LogP contribution in [0.5, 0.6) is 5.75 Å². The van der Waals surface area contributed by atoms with E-state index in [4.69, 9.17) is 4.74 Å². The summed E-state index contributed by atoms with van der Waals surface area (Å²) in [5, 5.41) is 3.78. The summed E-state index contributed by atoms with van der Waals surface area (Å²) < 4.78 is 6.16. The van der Waals surface area contributed by atoms with Gasteiger partial charge in [-0.2, -0.15) is 0 Å². The van der Waals surface area contributed by atoms with E-state index >= 15 is 0 Å². The van der Waals surface area contributed by atoms with Crippen LogP contribution in [0.4, 0.5) is 0 Å². The molecule has 3 nitrogen and oxygen atoms in total. The molecule has 0 spiro atoms. The monoisotopic (exact) mass is 324 g/mol. The summed E-state index contributed by atoms with van der Waals surface area (Å²) in [6.07, 6.45) is 0. The van der Waals surface area contributed by atoms with Gasteiger partial charge in [-0.15, -0.1) is 0 Å². The molecule has 0 aromatic heterocycles. The summed E-state index contributed by atoms with van der Waals surface area (Å²) in [4.78, 5) is 2.45. The summed E-state index contributed by atoms with van der Waals surface area (Å²) in [7, 11) is 0. The Labute approximate surface area is 145 Å². The molecule has 1 heterocycles. The van der Waals surface area contributed by atoms with Gasteiger partial charge in [-0.05, 0) is 36.7 Å². The average Bonchev–Trinajstić information content (AvgIpc) is 2.77. The van der Waals surface area contributed by atoms with Crippen molar-refractivity contribution in [2.24, 2.45) is 0 Å². The first-order valence-electron chi connectivity index (χ1n) is 9.00. The fourth-order valence-corrected chi connectivity index (χ4v) is 3.49. The van der Waals surface area contributed by atoms with Crippen LogP contribution < -0.4 is 10.1 Å². The number of ether oxygens (including phenoxy) is 1. The minimum atomic E-state index is 0.189. The molecule has 1 aliphatic heterocycles. The Morgan fingerprint density at radius 3 is 2.58 bits per heavy atom. The highest BCUT2D eigenvalue weighted by Gasteiger charge is 2.24. The molecule has 0 fully saturated rings. The van der Waals surface area contributed by atoms with Crippen LogP contribution in [0.15, 0.2) is 42.5 Å². The molecular formula is C21H28N2O. The van der Waals surface area contributed by atoms with Crippen LogP contribution in [-0.2, 0) is 6.61 Å². The number of para-hydroxylation sites is 1. The number of fused-ring (bicyclic) bond motifs is 2. The van der Waals surface area contributed by atoms with E-state index in [2.05, 4.69) is 73.5 Å². The third kappa shape index (κ3) is 3.47. The molecule has 0 saturated carbocycles. The molecule has 1 aliphatic rings. The lowest BCUT2D eigenvalue weighted by molar-refractivity contribution is 0.297. The van der Waals surface area contributed by atoms with Crippen molar-refractivity contribution in [3.05, 3.63) is 64.7 Å². The van der Waals surface area contributed by atoms with Gasteiger partial charge >= 0.3 is 0 Å². The molecular weight excluding hydrogens is 296 g/mol. The largest absolute Gasteiger partial charge is 0.488 e. The molecule has 1 unspecified atom stereocenters. The van der Waals surface area contributed by atoms with Crippen molar-refractivity contribution >= 4 is 0 Å². The van der Waals surface area contributed by atoms with E-state index in [1.807, 2.05) is 0 Å². The summed E-state index contributed by atoms with van der Waals surface area (Å²) in [6, 6.07) is 15.3. The van der Waals surface area contributed by atoms with E-state index in [0.717, 1.165) is 31.9 Å². The fourth-order valence-electron chi connectivity index (χ4n) is 3.49. The maximum absolute atomic E-state index is 6.16. The summed E-state index contributed by atoms with van der Waals surface area (Å²) >= 11 is 0. The average molecular weight is 324 g/mol. The zero-order chi connectivity index (χ0) is 16.9. The maximum atomic E-state index is 6.16. The van der Waals surface area contributed by atoms with Gasteiger partial charge in [-0.3, -0.25) is 0 Å². The van der Waals surface area contributed by atoms with Crippen molar-refractivity contribution in [3.63, 3.8) is 0 Å². The van der Waals surface area contributed by atoms with Gasteiger partial charge in [-0.1, -0.05) is 56.3 Å². The fraction of sp³-hybridized carbons (Fsp3) is 0.429. The van der Waals surface area contributed by atoms with Gasteiger partial charge in [0.05, 0.1) is 6.04 Å². The second-order valence-corrected chi connectivity index (χ2v) is 6.39. The first-order valence-corrected chi connectivity index (χ1v) is 9.00. The SMILES string of the molecule is CCN(CC)CCNC1c2ccccc2COc2c(C)cccc21.